The SMILES string of the molecule is O=C(O)c1nc(Cl)n2ccncc12. The maximum Gasteiger partial charge on any atom is 0.356 e. The highest BCUT2D eigenvalue weighted by atomic mass is 35.5. The first-order valence-corrected chi connectivity index (χ1v) is 3.79. The first-order chi connectivity index (χ1) is 6.20. The van der Waals surface area contributed by atoms with Crippen LogP contribution in [-0.2, 0) is 0 Å². The highest BCUT2D eigenvalue weighted by Gasteiger charge is 2.14. The number of nitrogens with zero attached hydrogens (tertiary/aromatic N) is 3. The van der Waals surface area contributed by atoms with E-state index in [1.54, 1.807) is 6.20 Å². The molecule has 6 heteroatoms. The molecule has 0 atom stereocenters. The van der Waals surface area contributed by atoms with Crippen LogP contribution in [0.5, 0.6) is 0 Å². The van der Waals surface area contributed by atoms with Crippen LogP contribution in [0.4, 0.5) is 0 Å². The highest BCUT2D eigenvalue weighted by Crippen LogP contribution is 2.15. The monoisotopic (exact) mass is 197 g/mol. The Morgan fingerprint density at radius 3 is 3.08 bits per heavy atom. The minimum absolute atomic E-state index is 0.0851. The molecule has 0 aromatic carbocycles. The van der Waals surface area contributed by atoms with E-state index in [2.05, 4.69) is 9.97 Å². The topological polar surface area (TPSA) is 67.5 Å². The maximum absolute atomic E-state index is 10.7. The van der Waals surface area contributed by atoms with Crippen molar-refractivity contribution >= 4 is 23.1 Å². The van der Waals surface area contributed by atoms with Crippen LogP contribution in [-0.4, -0.2) is 25.4 Å². The second-order valence-corrected chi connectivity index (χ2v) is 2.70. The molecular weight excluding hydrogens is 194 g/mol. The molecule has 0 saturated carbocycles. The lowest BCUT2D eigenvalue weighted by atomic mass is 10.4. The molecule has 0 fully saturated rings. The fourth-order valence-corrected chi connectivity index (χ4v) is 1.29. The molecular formula is C7H4ClN3O2. The number of fused-ring (bicyclic) bond motifs is 1. The van der Waals surface area contributed by atoms with Crippen LogP contribution in [0.2, 0.25) is 5.28 Å². The molecule has 2 aromatic heterocycles. The predicted octanol–water partition coefficient (Wildman–Crippen LogP) is 1.08. The molecule has 0 spiro atoms. The number of carboxylic acids is 1. The van der Waals surface area contributed by atoms with E-state index in [9.17, 15) is 4.79 Å². The summed E-state index contributed by atoms with van der Waals surface area (Å²) in [4.78, 5) is 18.1. The quantitative estimate of drug-likeness (QED) is 0.743. The van der Waals surface area contributed by atoms with Gasteiger partial charge >= 0.3 is 5.97 Å². The zero-order valence-electron chi connectivity index (χ0n) is 6.31. The van der Waals surface area contributed by atoms with Crippen molar-refractivity contribution in [1.29, 1.82) is 0 Å². The van der Waals surface area contributed by atoms with Gasteiger partial charge in [-0.1, -0.05) is 0 Å². The van der Waals surface area contributed by atoms with Gasteiger partial charge in [0.15, 0.2) is 5.69 Å². The van der Waals surface area contributed by atoms with Crippen molar-refractivity contribution in [2.24, 2.45) is 0 Å². The maximum atomic E-state index is 10.7. The Labute approximate surface area is 77.6 Å². The van der Waals surface area contributed by atoms with Crippen LogP contribution < -0.4 is 0 Å². The molecule has 13 heavy (non-hydrogen) atoms. The number of carbonyl (C=O) groups is 1. The Morgan fingerprint density at radius 2 is 2.38 bits per heavy atom. The third kappa shape index (κ3) is 1.13. The van der Waals surface area contributed by atoms with E-state index in [1.165, 1.54) is 16.8 Å². The van der Waals surface area contributed by atoms with E-state index in [0.717, 1.165) is 0 Å². The molecule has 0 aliphatic carbocycles. The molecule has 0 bridgehead atoms. The van der Waals surface area contributed by atoms with Crippen molar-refractivity contribution in [2.45, 2.75) is 0 Å². The molecule has 0 aliphatic heterocycles. The van der Waals surface area contributed by atoms with Gasteiger partial charge in [0.1, 0.15) is 0 Å². The van der Waals surface area contributed by atoms with Gasteiger partial charge < -0.3 is 5.11 Å². The summed E-state index contributed by atoms with van der Waals surface area (Å²) >= 11 is 5.68. The van der Waals surface area contributed by atoms with Crippen LogP contribution in [0, 0.1) is 0 Å². The number of imidazole rings is 1. The summed E-state index contributed by atoms with van der Waals surface area (Å²) in [5, 5.41) is 8.85. The van der Waals surface area contributed by atoms with Crippen LogP contribution >= 0.6 is 11.6 Å². The average Bonchev–Trinajstić information content (AvgIpc) is 2.45. The number of carboxylic acid groups (broad SMARTS) is 1. The average molecular weight is 198 g/mol. The standard InChI is InChI=1S/C7H4ClN3O2/c8-7-10-5(6(12)13)4-3-9-1-2-11(4)7/h1-3H,(H,12,13). The Morgan fingerprint density at radius 1 is 1.62 bits per heavy atom. The largest absolute Gasteiger partial charge is 0.476 e. The van der Waals surface area contributed by atoms with Gasteiger partial charge in [-0.25, -0.2) is 9.78 Å². The first-order valence-electron chi connectivity index (χ1n) is 3.41. The number of hydrogen-bond acceptors (Lipinski definition) is 3. The number of halogens is 1. The highest BCUT2D eigenvalue weighted by molar-refractivity contribution is 6.29. The molecule has 2 heterocycles. The smallest absolute Gasteiger partial charge is 0.356 e. The molecule has 0 saturated heterocycles. The van der Waals surface area contributed by atoms with Crippen molar-refractivity contribution in [1.82, 2.24) is 14.4 Å². The van der Waals surface area contributed by atoms with Crippen molar-refractivity contribution in [3.63, 3.8) is 0 Å². The minimum atomic E-state index is -1.11. The van der Waals surface area contributed by atoms with Crippen LogP contribution in [0.15, 0.2) is 18.6 Å². The summed E-state index contributed by atoms with van der Waals surface area (Å²) in [5.41, 5.74) is 0.304. The van der Waals surface area contributed by atoms with Gasteiger partial charge in [0.05, 0.1) is 11.7 Å². The van der Waals surface area contributed by atoms with Crippen molar-refractivity contribution in [2.75, 3.05) is 0 Å². The third-order valence-electron chi connectivity index (χ3n) is 1.61. The van der Waals surface area contributed by atoms with Gasteiger partial charge in [0.2, 0.25) is 5.28 Å². The summed E-state index contributed by atoms with van der Waals surface area (Å²) in [7, 11) is 0. The van der Waals surface area contributed by atoms with Crippen molar-refractivity contribution in [3.05, 3.63) is 29.6 Å². The molecule has 2 rings (SSSR count). The predicted molar refractivity (Wildman–Crippen MR) is 45.0 cm³/mol. The molecule has 1 N–H and O–H groups in total. The Balaban J connectivity index is 2.85. The lowest BCUT2D eigenvalue weighted by Gasteiger charge is -1.91. The molecule has 0 radical (unpaired) electrons. The van der Waals surface area contributed by atoms with Gasteiger partial charge in [-0.05, 0) is 11.6 Å². The Kier molecular flexibility index (Phi) is 1.66. The number of hydrogen-bond donors (Lipinski definition) is 1. The minimum Gasteiger partial charge on any atom is -0.476 e. The molecule has 2 aromatic rings. The van der Waals surface area contributed by atoms with E-state index in [4.69, 9.17) is 16.7 Å². The van der Waals surface area contributed by atoms with Crippen molar-refractivity contribution in [3.8, 4) is 0 Å². The summed E-state index contributed by atoms with van der Waals surface area (Å²) in [6.07, 6.45) is 4.46. The fraction of sp³-hybridized carbons (Fsp3) is 0. The van der Waals surface area contributed by atoms with Gasteiger partial charge in [0, 0.05) is 12.4 Å². The first kappa shape index (κ1) is 8.00. The second kappa shape index (κ2) is 2.70. The zero-order chi connectivity index (χ0) is 9.42. The van der Waals surface area contributed by atoms with Gasteiger partial charge in [-0.15, -0.1) is 0 Å². The number of aromatic nitrogens is 3. The van der Waals surface area contributed by atoms with Crippen LogP contribution in [0.25, 0.3) is 5.52 Å². The van der Waals surface area contributed by atoms with E-state index >= 15 is 0 Å². The normalized spacial score (nSPS) is 10.5. The molecule has 5 nitrogen and oxygen atoms in total. The molecule has 0 aliphatic rings. The van der Waals surface area contributed by atoms with Crippen LogP contribution in [0.1, 0.15) is 10.5 Å². The molecule has 0 amide bonds. The van der Waals surface area contributed by atoms with Gasteiger partial charge in [0.25, 0.3) is 0 Å². The summed E-state index contributed by atoms with van der Waals surface area (Å²) < 4.78 is 1.46. The second-order valence-electron chi connectivity index (χ2n) is 2.37. The molecule has 0 unspecified atom stereocenters. The summed E-state index contributed by atoms with van der Waals surface area (Å²) in [5.74, 6) is -1.11. The van der Waals surface area contributed by atoms with Gasteiger partial charge in [-0.2, -0.15) is 0 Å². The van der Waals surface area contributed by atoms with Gasteiger partial charge in [-0.3, -0.25) is 9.38 Å². The third-order valence-corrected chi connectivity index (χ3v) is 1.87. The Hall–Kier alpha value is -1.62. The Bertz CT molecular complexity index is 480. The van der Waals surface area contributed by atoms with E-state index in [0.29, 0.717) is 5.52 Å². The van der Waals surface area contributed by atoms with E-state index in [1.807, 2.05) is 0 Å². The van der Waals surface area contributed by atoms with E-state index < -0.39 is 5.97 Å². The lowest BCUT2D eigenvalue weighted by Crippen LogP contribution is -1.97. The van der Waals surface area contributed by atoms with Crippen molar-refractivity contribution < 1.29 is 9.90 Å². The summed E-state index contributed by atoms with van der Waals surface area (Å²) in [6, 6.07) is 0. The van der Waals surface area contributed by atoms with Crippen LogP contribution in [0.3, 0.4) is 0 Å². The molecule has 66 valence electrons. The lowest BCUT2D eigenvalue weighted by molar-refractivity contribution is 0.0693. The summed E-state index contributed by atoms with van der Waals surface area (Å²) in [6.45, 7) is 0. The fourth-order valence-electron chi connectivity index (χ4n) is 1.06. The zero-order valence-corrected chi connectivity index (χ0v) is 7.06. The van der Waals surface area contributed by atoms with E-state index in [-0.39, 0.29) is 11.0 Å². The number of rotatable bonds is 1. The number of aromatic carboxylic acids is 1.